The smallest absolute Gasteiger partial charge is 0.164 e. The summed E-state index contributed by atoms with van der Waals surface area (Å²) in [5.74, 6) is 2.59. The number of ketones is 1. The van der Waals surface area contributed by atoms with Gasteiger partial charge >= 0.3 is 0 Å². The molecule has 0 aliphatic heterocycles. The van der Waals surface area contributed by atoms with E-state index < -0.39 is 0 Å². The van der Waals surface area contributed by atoms with Crippen LogP contribution in [0.3, 0.4) is 0 Å². The maximum absolute atomic E-state index is 11.7. The number of carbonyl (C=O) groups excluding carboxylic acids is 1. The van der Waals surface area contributed by atoms with Crippen LogP contribution in [0.4, 0.5) is 5.69 Å². The standard InChI is InChI=1S/C12H12BrNO/c1-2-3-4-5-12(15)10-8-9(14)6-7-11(10)13/h1,6-8H,3-5,14H2. The average Bonchev–Trinajstić information content (AvgIpc) is 2.22. The van der Waals surface area contributed by atoms with Gasteiger partial charge in [0.15, 0.2) is 5.78 Å². The molecule has 0 aliphatic rings. The van der Waals surface area contributed by atoms with Crippen LogP contribution in [-0.4, -0.2) is 5.78 Å². The molecule has 0 aliphatic carbocycles. The lowest BCUT2D eigenvalue weighted by Gasteiger charge is -2.04. The Balaban J connectivity index is 2.73. The van der Waals surface area contributed by atoms with E-state index >= 15 is 0 Å². The highest BCUT2D eigenvalue weighted by Crippen LogP contribution is 2.21. The molecule has 0 aromatic heterocycles. The summed E-state index contributed by atoms with van der Waals surface area (Å²) in [6.45, 7) is 0. The van der Waals surface area contributed by atoms with Crippen LogP contribution >= 0.6 is 15.9 Å². The van der Waals surface area contributed by atoms with Gasteiger partial charge in [-0.2, -0.15) is 0 Å². The molecule has 0 spiro atoms. The van der Waals surface area contributed by atoms with E-state index in [2.05, 4.69) is 21.9 Å². The van der Waals surface area contributed by atoms with E-state index in [0.717, 1.165) is 10.9 Å². The molecule has 0 saturated heterocycles. The minimum Gasteiger partial charge on any atom is -0.399 e. The Hall–Kier alpha value is -1.27. The van der Waals surface area contributed by atoms with Crippen LogP contribution in [0.1, 0.15) is 29.6 Å². The third-order valence-electron chi connectivity index (χ3n) is 2.02. The number of terminal acetylenes is 1. The molecule has 0 unspecified atom stereocenters. The first kappa shape index (κ1) is 11.8. The van der Waals surface area contributed by atoms with E-state index in [1.807, 2.05) is 0 Å². The maximum Gasteiger partial charge on any atom is 0.164 e. The molecule has 0 radical (unpaired) electrons. The van der Waals surface area contributed by atoms with Crippen molar-refractivity contribution in [3.63, 3.8) is 0 Å². The van der Waals surface area contributed by atoms with Gasteiger partial charge in [0.25, 0.3) is 0 Å². The van der Waals surface area contributed by atoms with Crippen molar-refractivity contribution in [1.82, 2.24) is 0 Å². The highest BCUT2D eigenvalue weighted by atomic mass is 79.9. The molecule has 78 valence electrons. The third kappa shape index (κ3) is 3.41. The van der Waals surface area contributed by atoms with Crippen molar-refractivity contribution in [1.29, 1.82) is 0 Å². The van der Waals surface area contributed by atoms with Gasteiger partial charge in [-0.25, -0.2) is 0 Å². The molecular formula is C12H12BrNO. The number of benzene rings is 1. The Morgan fingerprint density at radius 1 is 1.53 bits per heavy atom. The first-order chi connectivity index (χ1) is 7.15. The fraction of sp³-hybridized carbons (Fsp3) is 0.250. The summed E-state index contributed by atoms with van der Waals surface area (Å²) in [5, 5.41) is 0. The van der Waals surface area contributed by atoms with Crippen molar-refractivity contribution in [2.75, 3.05) is 5.73 Å². The molecule has 0 fully saturated rings. The zero-order valence-corrected chi connectivity index (χ0v) is 9.88. The lowest BCUT2D eigenvalue weighted by atomic mass is 10.1. The fourth-order valence-corrected chi connectivity index (χ4v) is 1.71. The van der Waals surface area contributed by atoms with E-state index in [1.165, 1.54) is 0 Å². The summed E-state index contributed by atoms with van der Waals surface area (Å²) in [5.41, 5.74) is 6.84. The first-order valence-corrected chi connectivity index (χ1v) is 5.46. The van der Waals surface area contributed by atoms with Gasteiger partial charge in [0.1, 0.15) is 0 Å². The maximum atomic E-state index is 11.7. The van der Waals surface area contributed by atoms with Crippen LogP contribution in [0, 0.1) is 12.3 Å². The van der Waals surface area contributed by atoms with Crippen molar-refractivity contribution in [2.24, 2.45) is 0 Å². The second kappa shape index (κ2) is 5.57. The van der Waals surface area contributed by atoms with Gasteiger partial charge in [-0.05, 0) is 24.6 Å². The normalized spacial score (nSPS) is 9.60. The average molecular weight is 266 g/mol. The van der Waals surface area contributed by atoms with Crippen molar-refractivity contribution in [3.8, 4) is 12.3 Å². The summed E-state index contributed by atoms with van der Waals surface area (Å²) in [4.78, 5) is 11.7. The van der Waals surface area contributed by atoms with Crippen molar-refractivity contribution in [3.05, 3.63) is 28.2 Å². The van der Waals surface area contributed by atoms with Crippen LogP contribution in [0.25, 0.3) is 0 Å². The Morgan fingerprint density at radius 2 is 2.27 bits per heavy atom. The van der Waals surface area contributed by atoms with Crippen LogP contribution in [0.15, 0.2) is 22.7 Å². The minimum atomic E-state index is 0.0735. The van der Waals surface area contributed by atoms with Gasteiger partial charge in [-0.3, -0.25) is 4.79 Å². The molecule has 3 heteroatoms. The van der Waals surface area contributed by atoms with Crippen LogP contribution < -0.4 is 5.73 Å². The monoisotopic (exact) mass is 265 g/mol. The highest BCUT2D eigenvalue weighted by molar-refractivity contribution is 9.10. The molecule has 0 saturated carbocycles. The number of nitrogens with two attached hydrogens (primary N) is 1. The highest BCUT2D eigenvalue weighted by Gasteiger charge is 2.09. The fourth-order valence-electron chi connectivity index (χ4n) is 1.24. The van der Waals surface area contributed by atoms with Gasteiger partial charge in [0.05, 0.1) is 0 Å². The number of halogens is 1. The van der Waals surface area contributed by atoms with Gasteiger partial charge in [0.2, 0.25) is 0 Å². The summed E-state index contributed by atoms with van der Waals surface area (Å²) in [6, 6.07) is 5.22. The topological polar surface area (TPSA) is 43.1 Å². The van der Waals surface area contributed by atoms with Crippen LogP contribution in [0.2, 0.25) is 0 Å². The zero-order chi connectivity index (χ0) is 11.3. The summed E-state index contributed by atoms with van der Waals surface area (Å²) >= 11 is 3.32. The minimum absolute atomic E-state index is 0.0735. The summed E-state index contributed by atoms with van der Waals surface area (Å²) in [7, 11) is 0. The second-order valence-corrected chi connectivity index (χ2v) is 4.07. The Labute approximate surface area is 98.0 Å². The summed E-state index contributed by atoms with van der Waals surface area (Å²) in [6.07, 6.45) is 6.93. The molecule has 0 bridgehead atoms. The van der Waals surface area contributed by atoms with Gasteiger partial charge in [0, 0.05) is 28.6 Å². The number of carbonyl (C=O) groups is 1. The number of anilines is 1. The first-order valence-electron chi connectivity index (χ1n) is 4.67. The predicted octanol–water partition coefficient (Wildman–Crippen LogP) is 3.02. The number of Topliss-reactive ketones (excluding diaryl/α,β-unsaturated/α-hetero) is 1. The Kier molecular flexibility index (Phi) is 4.38. The quantitative estimate of drug-likeness (QED) is 0.394. The van der Waals surface area contributed by atoms with Crippen LogP contribution in [-0.2, 0) is 0 Å². The molecule has 0 atom stereocenters. The molecule has 2 nitrogen and oxygen atoms in total. The SMILES string of the molecule is C#CCCCC(=O)c1cc(N)ccc1Br. The lowest BCUT2D eigenvalue weighted by molar-refractivity contribution is 0.0980. The van der Waals surface area contributed by atoms with E-state index in [-0.39, 0.29) is 5.78 Å². The van der Waals surface area contributed by atoms with Gasteiger partial charge < -0.3 is 5.73 Å². The molecule has 1 aromatic rings. The molecule has 15 heavy (non-hydrogen) atoms. The van der Waals surface area contributed by atoms with E-state index in [0.29, 0.717) is 24.1 Å². The number of nitrogen functional groups attached to an aromatic ring is 1. The molecule has 2 N–H and O–H groups in total. The lowest BCUT2D eigenvalue weighted by Crippen LogP contribution is -2.01. The van der Waals surface area contributed by atoms with Crippen molar-refractivity contribution in [2.45, 2.75) is 19.3 Å². The molecule has 1 aromatic carbocycles. The second-order valence-electron chi connectivity index (χ2n) is 3.22. The number of hydrogen-bond acceptors (Lipinski definition) is 2. The number of hydrogen-bond donors (Lipinski definition) is 1. The molecule has 1 rings (SSSR count). The number of rotatable bonds is 4. The summed E-state index contributed by atoms with van der Waals surface area (Å²) < 4.78 is 0.780. The molecule has 0 heterocycles. The number of unbranched alkanes of at least 4 members (excludes halogenated alkanes) is 1. The van der Waals surface area contributed by atoms with Gasteiger partial charge in [-0.15, -0.1) is 12.3 Å². The molecular weight excluding hydrogens is 254 g/mol. The van der Waals surface area contributed by atoms with Crippen molar-refractivity contribution >= 4 is 27.4 Å². The van der Waals surface area contributed by atoms with Crippen LogP contribution in [0.5, 0.6) is 0 Å². The van der Waals surface area contributed by atoms with Gasteiger partial charge in [-0.1, -0.05) is 15.9 Å². The van der Waals surface area contributed by atoms with E-state index in [4.69, 9.17) is 12.2 Å². The van der Waals surface area contributed by atoms with E-state index in [1.54, 1.807) is 18.2 Å². The molecule has 0 amide bonds. The van der Waals surface area contributed by atoms with E-state index in [9.17, 15) is 4.79 Å². The third-order valence-corrected chi connectivity index (χ3v) is 2.71. The zero-order valence-electron chi connectivity index (χ0n) is 8.29. The van der Waals surface area contributed by atoms with Crippen molar-refractivity contribution < 1.29 is 4.79 Å². The predicted molar refractivity (Wildman–Crippen MR) is 65.6 cm³/mol. The Morgan fingerprint density at radius 3 is 2.93 bits per heavy atom. The Bertz CT molecular complexity index is 407. The largest absolute Gasteiger partial charge is 0.399 e.